The van der Waals surface area contributed by atoms with Gasteiger partial charge in [0.25, 0.3) is 0 Å². The van der Waals surface area contributed by atoms with Gasteiger partial charge >= 0.3 is 5.97 Å². The zero-order valence-electron chi connectivity index (χ0n) is 19.2. The standard InChI is InChI=1S/C23H28N6O5/c1-15-10-18(34-28-15)11-21(30)29-9-3-4-20(29)23(32)26-12-16-5-7-17(8-6-16)19(27-24)13-25-14-22(31)33-2/h5-8,10,13,20H,3-4,9,11-12,14,24H2,1-2H3,(H,26,32)/b25-13?,27-19+. The highest BCUT2D eigenvalue weighted by Gasteiger charge is 2.34. The van der Waals surface area contributed by atoms with Crippen LogP contribution in [0.4, 0.5) is 0 Å². The summed E-state index contributed by atoms with van der Waals surface area (Å²) in [6.07, 6.45) is 2.87. The Morgan fingerprint density at radius 2 is 2.09 bits per heavy atom. The molecular weight excluding hydrogens is 440 g/mol. The van der Waals surface area contributed by atoms with E-state index in [1.807, 2.05) is 12.1 Å². The van der Waals surface area contributed by atoms with Gasteiger partial charge in [0.2, 0.25) is 11.8 Å². The van der Waals surface area contributed by atoms with Crippen molar-refractivity contribution in [1.29, 1.82) is 0 Å². The average molecular weight is 469 g/mol. The van der Waals surface area contributed by atoms with Crippen molar-refractivity contribution in [3.05, 3.63) is 52.9 Å². The minimum Gasteiger partial charge on any atom is -0.468 e. The number of nitrogens with zero attached hydrogens (tertiary/aromatic N) is 4. The molecule has 11 nitrogen and oxygen atoms in total. The molecule has 2 heterocycles. The molecule has 1 atom stereocenters. The maximum Gasteiger partial charge on any atom is 0.327 e. The Morgan fingerprint density at radius 3 is 2.74 bits per heavy atom. The molecule has 0 aliphatic carbocycles. The van der Waals surface area contributed by atoms with Gasteiger partial charge in [-0.2, -0.15) is 5.10 Å². The summed E-state index contributed by atoms with van der Waals surface area (Å²) in [6.45, 7) is 2.51. The molecule has 1 fully saturated rings. The van der Waals surface area contributed by atoms with E-state index in [1.54, 1.807) is 30.0 Å². The molecule has 1 saturated heterocycles. The predicted molar refractivity (Wildman–Crippen MR) is 124 cm³/mol. The van der Waals surface area contributed by atoms with E-state index < -0.39 is 12.0 Å². The van der Waals surface area contributed by atoms with E-state index in [-0.39, 0.29) is 24.8 Å². The van der Waals surface area contributed by atoms with Crippen molar-refractivity contribution >= 4 is 29.7 Å². The Bertz CT molecular complexity index is 1080. The summed E-state index contributed by atoms with van der Waals surface area (Å²) in [5.74, 6) is 5.11. The molecule has 1 aliphatic heterocycles. The Hall–Kier alpha value is -4.02. The van der Waals surface area contributed by atoms with Crippen molar-refractivity contribution in [2.75, 3.05) is 20.2 Å². The zero-order valence-corrected chi connectivity index (χ0v) is 19.2. The third-order valence-electron chi connectivity index (χ3n) is 5.40. The fourth-order valence-electron chi connectivity index (χ4n) is 3.64. The maximum atomic E-state index is 12.8. The van der Waals surface area contributed by atoms with Crippen LogP contribution in [0.5, 0.6) is 0 Å². The summed E-state index contributed by atoms with van der Waals surface area (Å²) in [4.78, 5) is 42.2. The molecule has 1 unspecified atom stereocenters. The smallest absolute Gasteiger partial charge is 0.327 e. The largest absolute Gasteiger partial charge is 0.468 e. The summed E-state index contributed by atoms with van der Waals surface area (Å²) >= 11 is 0. The predicted octanol–water partition coefficient (Wildman–Crippen LogP) is 0.740. The van der Waals surface area contributed by atoms with Gasteiger partial charge in [0.05, 0.1) is 25.4 Å². The van der Waals surface area contributed by atoms with E-state index in [9.17, 15) is 14.4 Å². The number of methoxy groups -OCH3 is 1. The van der Waals surface area contributed by atoms with Crippen LogP contribution >= 0.6 is 0 Å². The molecule has 3 N–H and O–H groups in total. The molecule has 1 aliphatic rings. The van der Waals surface area contributed by atoms with Gasteiger partial charge < -0.3 is 25.3 Å². The Kier molecular flexibility index (Phi) is 8.49. The van der Waals surface area contributed by atoms with Crippen LogP contribution in [-0.4, -0.2) is 66.0 Å². The Balaban J connectivity index is 1.53. The summed E-state index contributed by atoms with van der Waals surface area (Å²) in [5, 5.41) is 10.4. The molecule has 2 amide bonds. The van der Waals surface area contributed by atoms with Gasteiger partial charge in [-0.15, -0.1) is 0 Å². The van der Waals surface area contributed by atoms with Gasteiger partial charge in [0.1, 0.15) is 24.1 Å². The maximum absolute atomic E-state index is 12.8. The van der Waals surface area contributed by atoms with Crippen LogP contribution in [0.15, 0.2) is 44.9 Å². The monoisotopic (exact) mass is 468 g/mol. The number of rotatable bonds is 9. The van der Waals surface area contributed by atoms with Crippen LogP contribution in [0.25, 0.3) is 0 Å². The Morgan fingerprint density at radius 1 is 1.32 bits per heavy atom. The van der Waals surface area contributed by atoms with Crippen LogP contribution in [0.2, 0.25) is 0 Å². The van der Waals surface area contributed by atoms with E-state index in [2.05, 4.69) is 25.3 Å². The van der Waals surface area contributed by atoms with E-state index in [0.717, 1.165) is 12.0 Å². The number of hydrazone groups is 1. The van der Waals surface area contributed by atoms with Crippen molar-refractivity contribution in [2.24, 2.45) is 15.9 Å². The van der Waals surface area contributed by atoms with Gasteiger partial charge in [-0.3, -0.25) is 19.4 Å². The normalized spacial score (nSPS) is 16.1. The molecular formula is C23H28N6O5. The lowest BCUT2D eigenvalue weighted by Crippen LogP contribution is -2.46. The number of nitrogens with two attached hydrogens (primary N) is 1. The number of aromatic nitrogens is 1. The second-order valence-corrected chi connectivity index (χ2v) is 7.83. The number of aliphatic imine (C=N–C) groups is 1. The number of benzene rings is 1. The molecule has 2 aromatic rings. The van der Waals surface area contributed by atoms with Crippen molar-refractivity contribution in [3.8, 4) is 0 Å². The number of aryl methyl sites for hydroxylation is 1. The van der Waals surface area contributed by atoms with Gasteiger partial charge in [0.15, 0.2) is 0 Å². The lowest BCUT2D eigenvalue weighted by atomic mass is 10.1. The van der Waals surface area contributed by atoms with Crippen LogP contribution in [0.1, 0.15) is 35.4 Å². The molecule has 34 heavy (non-hydrogen) atoms. The van der Waals surface area contributed by atoms with Crippen molar-refractivity contribution in [1.82, 2.24) is 15.4 Å². The highest BCUT2D eigenvalue weighted by Crippen LogP contribution is 2.19. The molecule has 0 saturated carbocycles. The third kappa shape index (κ3) is 6.50. The lowest BCUT2D eigenvalue weighted by molar-refractivity contribution is -0.138. The summed E-state index contributed by atoms with van der Waals surface area (Å²) in [5.41, 5.74) is 2.69. The molecule has 0 radical (unpaired) electrons. The van der Waals surface area contributed by atoms with E-state index >= 15 is 0 Å². The van der Waals surface area contributed by atoms with Crippen LogP contribution in [0.3, 0.4) is 0 Å². The molecule has 11 heteroatoms. The second kappa shape index (κ2) is 11.7. The summed E-state index contributed by atoms with van der Waals surface area (Å²) < 4.78 is 9.65. The van der Waals surface area contributed by atoms with Crippen LogP contribution < -0.4 is 11.2 Å². The number of carbonyl (C=O) groups is 3. The molecule has 0 bridgehead atoms. The number of nitrogens with one attached hydrogen (secondary N) is 1. The number of esters is 1. The lowest BCUT2D eigenvalue weighted by Gasteiger charge is -2.23. The van der Waals surface area contributed by atoms with Crippen molar-refractivity contribution in [3.63, 3.8) is 0 Å². The van der Waals surface area contributed by atoms with E-state index in [4.69, 9.17) is 10.4 Å². The van der Waals surface area contributed by atoms with Crippen molar-refractivity contribution < 1.29 is 23.6 Å². The highest BCUT2D eigenvalue weighted by molar-refractivity contribution is 6.38. The molecule has 3 rings (SSSR count). The minimum atomic E-state index is -0.502. The summed E-state index contributed by atoms with van der Waals surface area (Å²) in [6, 6.07) is 8.47. The Labute approximate surface area is 197 Å². The quantitative estimate of drug-likeness (QED) is 0.238. The average Bonchev–Trinajstić information content (AvgIpc) is 3.49. The first-order valence-electron chi connectivity index (χ1n) is 10.8. The van der Waals surface area contributed by atoms with E-state index in [1.165, 1.54) is 13.3 Å². The first-order chi connectivity index (χ1) is 16.4. The SMILES string of the molecule is COC(=O)CN=C/C(=N\N)c1ccc(CNC(=O)C2CCCN2C(=O)Cc2cc(C)no2)cc1. The van der Waals surface area contributed by atoms with Gasteiger partial charge in [-0.05, 0) is 25.3 Å². The van der Waals surface area contributed by atoms with Gasteiger partial charge in [-0.25, -0.2) is 0 Å². The summed E-state index contributed by atoms with van der Waals surface area (Å²) in [7, 11) is 1.29. The van der Waals surface area contributed by atoms with Crippen LogP contribution in [0, 0.1) is 6.92 Å². The zero-order chi connectivity index (χ0) is 24.5. The first-order valence-corrected chi connectivity index (χ1v) is 10.8. The fourth-order valence-corrected chi connectivity index (χ4v) is 3.64. The third-order valence-corrected chi connectivity index (χ3v) is 5.40. The van der Waals surface area contributed by atoms with Crippen molar-refractivity contribution in [2.45, 2.75) is 38.8 Å². The number of carbonyl (C=O) groups excluding carboxylic acids is 3. The number of hydrogen-bond acceptors (Lipinski definition) is 9. The number of likely N-dealkylation sites (tertiary alicyclic amines) is 1. The van der Waals surface area contributed by atoms with E-state index in [0.29, 0.717) is 42.2 Å². The van der Waals surface area contributed by atoms with Gasteiger partial charge in [-0.1, -0.05) is 29.4 Å². The number of hydrogen-bond donors (Lipinski definition) is 2. The topological polar surface area (TPSA) is 152 Å². The second-order valence-electron chi connectivity index (χ2n) is 7.83. The van der Waals surface area contributed by atoms with Gasteiger partial charge in [0, 0.05) is 24.7 Å². The molecule has 1 aromatic carbocycles. The number of amides is 2. The minimum absolute atomic E-state index is 0.0834. The molecule has 0 spiro atoms. The highest BCUT2D eigenvalue weighted by atomic mass is 16.5. The first kappa shape index (κ1) is 24.6. The molecule has 180 valence electrons. The molecule has 1 aromatic heterocycles. The van der Waals surface area contributed by atoms with Crippen LogP contribution in [-0.2, 0) is 32.1 Å². The fraction of sp³-hybridized carbons (Fsp3) is 0.391. The number of ether oxygens (including phenoxy) is 1.